The predicted molar refractivity (Wildman–Crippen MR) is 116 cm³/mol. The van der Waals surface area contributed by atoms with Crippen molar-refractivity contribution in [2.75, 3.05) is 33.5 Å². The highest BCUT2D eigenvalue weighted by atomic mass is 16.7. The Morgan fingerprint density at radius 2 is 1.93 bits per heavy atom. The molecule has 1 N–H and O–H groups in total. The molecule has 30 heavy (non-hydrogen) atoms. The largest absolute Gasteiger partial charge is 0.454 e. The van der Waals surface area contributed by atoms with Gasteiger partial charge in [0, 0.05) is 18.7 Å². The van der Waals surface area contributed by atoms with Crippen LogP contribution in [0.5, 0.6) is 11.5 Å². The highest BCUT2D eigenvalue weighted by Gasteiger charge is 2.28. The highest BCUT2D eigenvalue weighted by molar-refractivity contribution is 5.80. The lowest BCUT2D eigenvalue weighted by Crippen LogP contribution is -2.43. The average molecular weight is 417 g/mol. The Morgan fingerprint density at radius 1 is 1.17 bits per heavy atom. The van der Waals surface area contributed by atoms with E-state index in [-0.39, 0.29) is 12.0 Å². The minimum absolute atomic E-state index is 0.0184. The number of para-hydroxylation sites is 1. The number of likely N-dealkylation sites (tertiary alicyclic amines) is 1. The van der Waals surface area contributed by atoms with Gasteiger partial charge in [0.25, 0.3) is 0 Å². The SMILES string of the molecule is COC(C)C(=O)NC1CCC(CCN2CCC(c3cccc4c3OCO4)CC2)CC1. The number of hydrogen-bond donors (Lipinski definition) is 1. The van der Waals surface area contributed by atoms with Crippen LogP contribution in [-0.4, -0.2) is 56.5 Å². The quantitative estimate of drug-likeness (QED) is 0.735. The van der Waals surface area contributed by atoms with E-state index in [0.717, 1.165) is 43.3 Å². The second-order valence-corrected chi connectivity index (χ2v) is 9.09. The first-order valence-corrected chi connectivity index (χ1v) is 11.6. The minimum Gasteiger partial charge on any atom is -0.454 e. The molecular formula is C24H36N2O4. The number of carbonyl (C=O) groups excluding carboxylic acids is 1. The fraction of sp³-hybridized carbons (Fsp3) is 0.708. The van der Waals surface area contributed by atoms with Gasteiger partial charge in [0.2, 0.25) is 12.7 Å². The van der Waals surface area contributed by atoms with Crippen LogP contribution >= 0.6 is 0 Å². The number of hydrogen-bond acceptors (Lipinski definition) is 5. The van der Waals surface area contributed by atoms with Gasteiger partial charge in [-0.1, -0.05) is 12.1 Å². The molecule has 1 aliphatic carbocycles. The number of amides is 1. The number of fused-ring (bicyclic) bond motifs is 1. The fourth-order valence-corrected chi connectivity index (χ4v) is 5.13. The normalized spacial score (nSPS) is 25.8. The standard InChI is InChI=1S/C24H36N2O4/c1-17(28-2)24(27)25-20-8-6-18(7-9-20)10-13-26-14-11-19(12-15-26)21-4-3-5-22-23(21)30-16-29-22/h3-5,17-20H,6-16H2,1-2H3,(H,25,27). The zero-order chi connectivity index (χ0) is 20.9. The summed E-state index contributed by atoms with van der Waals surface area (Å²) in [6.45, 7) is 5.67. The number of methoxy groups -OCH3 is 1. The third-order valence-corrected chi connectivity index (χ3v) is 7.22. The van der Waals surface area contributed by atoms with Crippen LogP contribution in [0.25, 0.3) is 0 Å². The maximum absolute atomic E-state index is 12.0. The molecule has 1 aromatic rings. The van der Waals surface area contributed by atoms with Crippen molar-refractivity contribution >= 4 is 5.91 Å². The number of ether oxygens (including phenoxy) is 3. The molecule has 3 aliphatic rings. The van der Waals surface area contributed by atoms with Gasteiger partial charge in [-0.05, 0) is 89.4 Å². The van der Waals surface area contributed by atoms with Crippen molar-refractivity contribution in [1.29, 1.82) is 0 Å². The fourth-order valence-electron chi connectivity index (χ4n) is 5.13. The number of benzene rings is 1. The Labute approximate surface area is 180 Å². The van der Waals surface area contributed by atoms with Crippen molar-refractivity contribution in [2.45, 2.75) is 69.9 Å². The summed E-state index contributed by atoms with van der Waals surface area (Å²) in [5, 5.41) is 3.14. The topological polar surface area (TPSA) is 60.0 Å². The Bertz CT molecular complexity index is 709. The van der Waals surface area contributed by atoms with Crippen LogP contribution in [0.1, 0.15) is 63.4 Å². The third kappa shape index (κ3) is 5.09. The van der Waals surface area contributed by atoms with Gasteiger partial charge in [-0.2, -0.15) is 0 Å². The van der Waals surface area contributed by atoms with E-state index < -0.39 is 0 Å². The van der Waals surface area contributed by atoms with Crippen molar-refractivity contribution in [3.8, 4) is 11.5 Å². The van der Waals surface area contributed by atoms with Gasteiger partial charge in [-0.15, -0.1) is 0 Å². The van der Waals surface area contributed by atoms with Crippen LogP contribution in [-0.2, 0) is 9.53 Å². The summed E-state index contributed by atoms with van der Waals surface area (Å²) in [5.74, 6) is 3.26. The van der Waals surface area contributed by atoms with Gasteiger partial charge in [0.1, 0.15) is 6.10 Å². The molecular weight excluding hydrogens is 380 g/mol. The van der Waals surface area contributed by atoms with Gasteiger partial charge in [-0.25, -0.2) is 0 Å². The summed E-state index contributed by atoms with van der Waals surface area (Å²) in [7, 11) is 1.58. The number of carbonyl (C=O) groups is 1. The molecule has 2 aliphatic heterocycles. The molecule has 0 spiro atoms. The summed E-state index contributed by atoms with van der Waals surface area (Å²) in [5.41, 5.74) is 1.33. The molecule has 166 valence electrons. The van der Waals surface area contributed by atoms with Crippen molar-refractivity contribution in [3.63, 3.8) is 0 Å². The van der Waals surface area contributed by atoms with E-state index in [1.165, 1.54) is 44.2 Å². The molecule has 4 rings (SSSR count). The van der Waals surface area contributed by atoms with Crippen LogP contribution in [0.15, 0.2) is 18.2 Å². The molecule has 1 atom stereocenters. The Balaban J connectivity index is 1.16. The molecule has 0 bridgehead atoms. The van der Waals surface area contributed by atoms with Gasteiger partial charge >= 0.3 is 0 Å². The van der Waals surface area contributed by atoms with E-state index in [4.69, 9.17) is 14.2 Å². The van der Waals surface area contributed by atoms with Crippen LogP contribution in [0.4, 0.5) is 0 Å². The smallest absolute Gasteiger partial charge is 0.249 e. The van der Waals surface area contributed by atoms with E-state index >= 15 is 0 Å². The molecule has 2 fully saturated rings. The lowest BCUT2D eigenvalue weighted by molar-refractivity contribution is -0.131. The molecule has 6 nitrogen and oxygen atoms in total. The second kappa shape index (κ2) is 10.0. The average Bonchev–Trinajstić information content (AvgIpc) is 3.27. The van der Waals surface area contributed by atoms with Gasteiger partial charge in [-0.3, -0.25) is 4.79 Å². The molecule has 0 aromatic heterocycles. The molecule has 2 heterocycles. The molecule has 6 heteroatoms. The van der Waals surface area contributed by atoms with E-state index in [1.54, 1.807) is 14.0 Å². The number of piperidine rings is 1. The number of rotatable bonds is 7. The third-order valence-electron chi connectivity index (χ3n) is 7.22. The van der Waals surface area contributed by atoms with Gasteiger partial charge in [0.15, 0.2) is 11.5 Å². The van der Waals surface area contributed by atoms with Gasteiger partial charge in [0.05, 0.1) is 0 Å². The van der Waals surface area contributed by atoms with Crippen molar-refractivity contribution in [1.82, 2.24) is 10.2 Å². The lowest BCUT2D eigenvalue weighted by atomic mass is 9.83. The predicted octanol–water partition coefficient (Wildman–Crippen LogP) is 3.69. The van der Waals surface area contributed by atoms with E-state index in [2.05, 4.69) is 22.3 Å². The summed E-state index contributed by atoms with van der Waals surface area (Å²) < 4.78 is 16.4. The van der Waals surface area contributed by atoms with Crippen molar-refractivity contribution in [3.05, 3.63) is 23.8 Å². The van der Waals surface area contributed by atoms with Crippen molar-refractivity contribution < 1.29 is 19.0 Å². The van der Waals surface area contributed by atoms with Crippen LogP contribution < -0.4 is 14.8 Å². The van der Waals surface area contributed by atoms with Gasteiger partial charge < -0.3 is 24.4 Å². The van der Waals surface area contributed by atoms with E-state index in [0.29, 0.717) is 18.8 Å². The summed E-state index contributed by atoms with van der Waals surface area (Å²) >= 11 is 0. The zero-order valence-corrected chi connectivity index (χ0v) is 18.4. The highest BCUT2D eigenvalue weighted by Crippen LogP contribution is 2.42. The molecule has 1 saturated heterocycles. The molecule has 1 unspecified atom stereocenters. The maximum atomic E-state index is 12.0. The Morgan fingerprint density at radius 3 is 2.67 bits per heavy atom. The monoisotopic (exact) mass is 416 g/mol. The number of nitrogens with one attached hydrogen (secondary N) is 1. The first-order chi connectivity index (χ1) is 14.6. The molecule has 1 amide bonds. The van der Waals surface area contributed by atoms with Crippen molar-refractivity contribution in [2.24, 2.45) is 5.92 Å². The van der Waals surface area contributed by atoms with E-state index in [9.17, 15) is 4.79 Å². The summed E-state index contributed by atoms with van der Waals surface area (Å²) in [6.07, 6.45) is 7.92. The zero-order valence-electron chi connectivity index (χ0n) is 18.4. The second-order valence-electron chi connectivity index (χ2n) is 9.09. The molecule has 1 saturated carbocycles. The first kappa shape index (κ1) is 21.4. The van der Waals surface area contributed by atoms with Crippen LogP contribution in [0.2, 0.25) is 0 Å². The summed E-state index contributed by atoms with van der Waals surface area (Å²) in [4.78, 5) is 14.6. The molecule has 0 radical (unpaired) electrons. The van der Waals surface area contributed by atoms with Crippen LogP contribution in [0.3, 0.4) is 0 Å². The lowest BCUT2D eigenvalue weighted by Gasteiger charge is -2.35. The maximum Gasteiger partial charge on any atom is 0.249 e. The minimum atomic E-state index is -0.360. The molecule has 1 aromatic carbocycles. The van der Waals surface area contributed by atoms with Crippen LogP contribution in [0, 0.1) is 5.92 Å². The number of nitrogens with zero attached hydrogens (tertiary/aromatic N) is 1. The Hall–Kier alpha value is -1.79. The summed E-state index contributed by atoms with van der Waals surface area (Å²) in [6, 6.07) is 6.61. The Kier molecular flexibility index (Phi) is 7.16. The first-order valence-electron chi connectivity index (χ1n) is 11.6. The van der Waals surface area contributed by atoms with E-state index in [1.807, 2.05) is 6.07 Å².